The molecule has 3 rings (SSSR count). The predicted octanol–water partition coefficient (Wildman–Crippen LogP) is 4.66. The van der Waals surface area contributed by atoms with Gasteiger partial charge in [-0.15, -0.1) is 11.3 Å². The predicted molar refractivity (Wildman–Crippen MR) is 118 cm³/mol. The zero-order valence-electron chi connectivity index (χ0n) is 17.4. The van der Waals surface area contributed by atoms with Crippen LogP contribution in [-0.4, -0.2) is 18.9 Å². The molecule has 5 nitrogen and oxygen atoms in total. The fourth-order valence-corrected chi connectivity index (χ4v) is 5.05. The molecule has 1 heterocycles. The average Bonchev–Trinajstić information content (AvgIpc) is 3.03. The molecule has 0 saturated heterocycles. The van der Waals surface area contributed by atoms with Gasteiger partial charge in [0, 0.05) is 11.0 Å². The monoisotopic (exact) mass is 412 g/mol. The van der Waals surface area contributed by atoms with Crippen molar-refractivity contribution in [2.45, 2.75) is 40.0 Å². The second-order valence-electron chi connectivity index (χ2n) is 8.47. The Hall–Kier alpha value is -2.60. The SMILES string of the molecule is COc1ccc(C=CC(=O)Nc2sc3c(c2C(N)=O)CCC(C(C)(C)C)C3)cc1. The van der Waals surface area contributed by atoms with Crippen molar-refractivity contribution in [2.75, 3.05) is 12.4 Å². The van der Waals surface area contributed by atoms with Crippen LogP contribution in [0.3, 0.4) is 0 Å². The molecule has 0 fully saturated rings. The maximum Gasteiger partial charge on any atom is 0.251 e. The highest BCUT2D eigenvalue weighted by Gasteiger charge is 2.33. The molecular weight excluding hydrogens is 384 g/mol. The highest BCUT2D eigenvalue weighted by molar-refractivity contribution is 7.17. The number of carbonyl (C=O) groups excluding carboxylic acids is 2. The third-order valence-corrected chi connectivity index (χ3v) is 6.69. The zero-order valence-corrected chi connectivity index (χ0v) is 18.2. The Kier molecular flexibility index (Phi) is 6.13. The molecule has 0 aliphatic heterocycles. The van der Waals surface area contributed by atoms with Crippen molar-refractivity contribution in [1.29, 1.82) is 0 Å². The molecule has 0 bridgehead atoms. The number of anilines is 1. The Morgan fingerprint density at radius 2 is 1.93 bits per heavy atom. The number of amides is 2. The summed E-state index contributed by atoms with van der Waals surface area (Å²) in [5.74, 6) is 0.545. The van der Waals surface area contributed by atoms with Gasteiger partial charge in [0.1, 0.15) is 10.8 Å². The van der Waals surface area contributed by atoms with Gasteiger partial charge < -0.3 is 15.8 Å². The number of ether oxygens (including phenoxy) is 1. The van der Waals surface area contributed by atoms with Gasteiger partial charge in [0.05, 0.1) is 12.7 Å². The Morgan fingerprint density at radius 3 is 2.52 bits per heavy atom. The van der Waals surface area contributed by atoms with E-state index in [-0.39, 0.29) is 11.3 Å². The van der Waals surface area contributed by atoms with Crippen LogP contribution in [0.1, 0.15) is 53.6 Å². The fourth-order valence-electron chi connectivity index (χ4n) is 3.71. The highest BCUT2D eigenvalue weighted by Crippen LogP contribution is 2.44. The number of thiophene rings is 1. The van der Waals surface area contributed by atoms with Gasteiger partial charge in [-0.3, -0.25) is 9.59 Å². The number of hydrogen-bond donors (Lipinski definition) is 2. The van der Waals surface area contributed by atoms with E-state index >= 15 is 0 Å². The minimum Gasteiger partial charge on any atom is -0.497 e. The minimum absolute atomic E-state index is 0.207. The van der Waals surface area contributed by atoms with Crippen molar-refractivity contribution in [3.63, 3.8) is 0 Å². The van der Waals surface area contributed by atoms with E-state index in [0.29, 0.717) is 16.5 Å². The van der Waals surface area contributed by atoms with Gasteiger partial charge in [-0.25, -0.2) is 0 Å². The van der Waals surface area contributed by atoms with Gasteiger partial charge in [0.25, 0.3) is 5.91 Å². The summed E-state index contributed by atoms with van der Waals surface area (Å²) in [4.78, 5) is 25.7. The topological polar surface area (TPSA) is 81.4 Å². The number of nitrogens with one attached hydrogen (secondary N) is 1. The van der Waals surface area contributed by atoms with Crippen LogP contribution in [0.15, 0.2) is 30.3 Å². The van der Waals surface area contributed by atoms with Crippen LogP contribution in [-0.2, 0) is 17.6 Å². The van der Waals surface area contributed by atoms with Gasteiger partial charge in [-0.05, 0) is 59.9 Å². The number of rotatable bonds is 5. The molecule has 1 atom stereocenters. The fraction of sp³-hybridized carbons (Fsp3) is 0.391. The van der Waals surface area contributed by atoms with Crippen LogP contribution >= 0.6 is 11.3 Å². The first kappa shape index (κ1) is 21.1. The number of carbonyl (C=O) groups is 2. The van der Waals surface area contributed by atoms with E-state index in [1.54, 1.807) is 13.2 Å². The molecule has 1 aromatic carbocycles. The van der Waals surface area contributed by atoms with Crippen molar-refractivity contribution < 1.29 is 14.3 Å². The quantitative estimate of drug-likeness (QED) is 0.701. The molecule has 0 saturated carbocycles. The molecule has 0 spiro atoms. The van der Waals surface area contributed by atoms with Crippen molar-refractivity contribution in [1.82, 2.24) is 0 Å². The number of benzene rings is 1. The van der Waals surface area contributed by atoms with E-state index < -0.39 is 5.91 Å². The largest absolute Gasteiger partial charge is 0.497 e. The summed E-state index contributed by atoms with van der Waals surface area (Å²) in [5.41, 5.74) is 8.24. The van der Waals surface area contributed by atoms with Crippen LogP contribution in [0, 0.1) is 11.3 Å². The molecule has 1 unspecified atom stereocenters. The van der Waals surface area contributed by atoms with Gasteiger partial charge in [0.15, 0.2) is 0 Å². The molecule has 0 radical (unpaired) electrons. The van der Waals surface area contributed by atoms with E-state index in [9.17, 15) is 9.59 Å². The van der Waals surface area contributed by atoms with Crippen LogP contribution in [0.25, 0.3) is 6.08 Å². The summed E-state index contributed by atoms with van der Waals surface area (Å²) in [6.07, 6.45) is 5.95. The lowest BCUT2D eigenvalue weighted by Crippen LogP contribution is -2.27. The summed E-state index contributed by atoms with van der Waals surface area (Å²) in [6, 6.07) is 7.41. The summed E-state index contributed by atoms with van der Waals surface area (Å²) in [7, 11) is 1.61. The number of methoxy groups -OCH3 is 1. The van der Waals surface area contributed by atoms with Gasteiger partial charge in [-0.1, -0.05) is 32.9 Å². The Labute approximate surface area is 176 Å². The maximum absolute atomic E-state index is 12.5. The lowest BCUT2D eigenvalue weighted by molar-refractivity contribution is -0.111. The minimum atomic E-state index is -0.480. The standard InChI is InChI=1S/C23H28N2O3S/c1-23(2,3)15-8-11-17-18(13-15)29-22(20(17)21(24)27)25-19(26)12-7-14-5-9-16(28-4)10-6-14/h5-7,9-10,12,15H,8,11,13H2,1-4H3,(H2,24,27)(H,25,26). The lowest BCUT2D eigenvalue weighted by atomic mass is 9.72. The molecule has 154 valence electrons. The molecule has 3 N–H and O–H groups in total. The first-order valence-corrected chi connectivity index (χ1v) is 10.6. The molecule has 1 aliphatic carbocycles. The van der Waals surface area contributed by atoms with Crippen molar-refractivity contribution >= 4 is 34.2 Å². The molecule has 1 aliphatic rings. The summed E-state index contributed by atoms with van der Waals surface area (Å²) >= 11 is 1.48. The first-order valence-electron chi connectivity index (χ1n) is 9.76. The molecule has 29 heavy (non-hydrogen) atoms. The van der Waals surface area contributed by atoms with Crippen molar-refractivity contribution in [2.24, 2.45) is 17.1 Å². The molecule has 6 heteroatoms. The second-order valence-corrected chi connectivity index (χ2v) is 9.58. The highest BCUT2D eigenvalue weighted by atomic mass is 32.1. The average molecular weight is 413 g/mol. The third kappa shape index (κ3) is 4.88. The van der Waals surface area contributed by atoms with E-state index in [2.05, 4.69) is 26.1 Å². The van der Waals surface area contributed by atoms with E-state index in [1.165, 1.54) is 22.3 Å². The second kappa shape index (κ2) is 8.41. The number of hydrogen-bond acceptors (Lipinski definition) is 4. The maximum atomic E-state index is 12.5. The number of nitrogens with two attached hydrogens (primary N) is 1. The van der Waals surface area contributed by atoms with Crippen LogP contribution in [0.2, 0.25) is 0 Å². The molecule has 2 amide bonds. The molecule has 1 aromatic heterocycles. The summed E-state index contributed by atoms with van der Waals surface area (Å²) in [6.45, 7) is 6.74. The van der Waals surface area contributed by atoms with Crippen LogP contribution < -0.4 is 15.8 Å². The third-order valence-electron chi connectivity index (χ3n) is 5.52. The Bertz CT molecular complexity index is 936. The van der Waals surface area contributed by atoms with Crippen molar-refractivity contribution in [3.8, 4) is 5.75 Å². The van der Waals surface area contributed by atoms with E-state index in [0.717, 1.165) is 36.1 Å². The van der Waals surface area contributed by atoms with Gasteiger partial charge in [0.2, 0.25) is 5.91 Å². The zero-order chi connectivity index (χ0) is 21.2. The smallest absolute Gasteiger partial charge is 0.251 e. The molecule has 2 aromatic rings. The number of primary amides is 1. The van der Waals surface area contributed by atoms with Crippen LogP contribution in [0.4, 0.5) is 5.00 Å². The summed E-state index contributed by atoms with van der Waals surface area (Å²) < 4.78 is 5.13. The van der Waals surface area contributed by atoms with Gasteiger partial charge >= 0.3 is 0 Å². The Balaban J connectivity index is 1.78. The lowest BCUT2D eigenvalue weighted by Gasteiger charge is -2.33. The first-order chi connectivity index (χ1) is 13.7. The van der Waals surface area contributed by atoms with E-state index in [1.807, 2.05) is 24.3 Å². The number of fused-ring (bicyclic) bond motifs is 1. The van der Waals surface area contributed by atoms with Gasteiger partial charge in [-0.2, -0.15) is 0 Å². The van der Waals surface area contributed by atoms with Crippen molar-refractivity contribution in [3.05, 3.63) is 51.9 Å². The van der Waals surface area contributed by atoms with Crippen LogP contribution in [0.5, 0.6) is 5.75 Å². The molecular formula is C23H28N2O3S. The Morgan fingerprint density at radius 1 is 1.24 bits per heavy atom. The van der Waals surface area contributed by atoms with E-state index in [4.69, 9.17) is 10.5 Å². The normalized spacial score (nSPS) is 16.5. The summed E-state index contributed by atoms with van der Waals surface area (Å²) in [5, 5.41) is 3.42.